The van der Waals surface area contributed by atoms with Crippen molar-refractivity contribution in [3.05, 3.63) is 52.9 Å². The highest BCUT2D eigenvalue weighted by Crippen LogP contribution is 2.30. The summed E-state index contributed by atoms with van der Waals surface area (Å²) in [6.45, 7) is 4.78. The average molecular weight is 358 g/mol. The van der Waals surface area contributed by atoms with E-state index in [1.165, 1.54) is 11.3 Å². The number of carbonyl (C=O) groups excluding carboxylic acids is 1. The molecular weight excluding hydrogens is 340 g/mol. The largest absolute Gasteiger partial charge is 0.491 e. The Bertz CT molecular complexity index is 810. The molecule has 124 valence electrons. The third-order valence-electron chi connectivity index (χ3n) is 3.17. The number of para-hydroxylation sites is 2. The van der Waals surface area contributed by atoms with Crippen LogP contribution in [0.2, 0.25) is 0 Å². The number of thiazole rings is 1. The standard InChI is InChI=1S/C18H18N2O2S2/c1-12(2)11-22-14-7-4-3-6-13(14)20-17(21)16-10-19-18(24-16)15-8-5-9-23-15/h3-10,12H,11H2,1-2H3,(H,20,21). The van der Waals surface area contributed by atoms with Gasteiger partial charge in [-0.3, -0.25) is 4.79 Å². The third kappa shape index (κ3) is 4.01. The van der Waals surface area contributed by atoms with Crippen LogP contribution >= 0.6 is 22.7 Å². The minimum Gasteiger partial charge on any atom is -0.491 e. The maximum Gasteiger partial charge on any atom is 0.267 e. The van der Waals surface area contributed by atoms with Gasteiger partial charge in [0.1, 0.15) is 15.6 Å². The van der Waals surface area contributed by atoms with E-state index in [0.717, 1.165) is 9.88 Å². The molecule has 2 heterocycles. The second-order valence-corrected chi connectivity index (χ2v) is 7.64. The van der Waals surface area contributed by atoms with Crippen molar-refractivity contribution < 1.29 is 9.53 Å². The highest BCUT2D eigenvalue weighted by atomic mass is 32.1. The Morgan fingerprint density at radius 1 is 1.25 bits per heavy atom. The SMILES string of the molecule is CC(C)COc1ccccc1NC(=O)c1cnc(-c2cccs2)s1. The quantitative estimate of drug-likeness (QED) is 0.662. The second-order valence-electron chi connectivity index (χ2n) is 5.66. The molecule has 0 aliphatic rings. The first-order valence-corrected chi connectivity index (χ1v) is 9.36. The Hall–Kier alpha value is -2.18. The number of benzene rings is 1. The summed E-state index contributed by atoms with van der Waals surface area (Å²) in [4.78, 5) is 18.5. The van der Waals surface area contributed by atoms with E-state index in [0.29, 0.717) is 28.8 Å². The Balaban J connectivity index is 1.73. The minimum absolute atomic E-state index is 0.170. The average Bonchev–Trinajstić information content (AvgIpc) is 3.25. The summed E-state index contributed by atoms with van der Waals surface area (Å²) in [6.07, 6.45) is 1.62. The molecule has 0 aliphatic heterocycles. The van der Waals surface area contributed by atoms with Gasteiger partial charge in [0.05, 0.1) is 23.4 Å². The molecule has 1 amide bonds. The van der Waals surface area contributed by atoms with Gasteiger partial charge in [-0.1, -0.05) is 32.0 Å². The molecule has 1 N–H and O–H groups in total. The van der Waals surface area contributed by atoms with Crippen molar-refractivity contribution in [2.45, 2.75) is 13.8 Å². The number of rotatable bonds is 6. The van der Waals surface area contributed by atoms with Gasteiger partial charge in [0.25, 0.3) is 5.91 Å². The molecule has 0 spiro atoms. The Kier molecular flexibility index (Phi) is 5.27. The fourth-order valence-corrected chi connectivity index (χ4v) is 3.64. The van der Waals surface area contributed by atoms with E-state index in [4.69, 9.17) is 4.74 Å². The molecule has 0 unspecified atom stereocenters. The lowest BCUT2D eigenvalue weighted by Gasteiger charge is -2.13. The smallest absolute Gasteiger partial charge is 0.267 e. The normalized spacial score (nSPS) is 10.8. The van der Waals surface area contributed by atoms with Crippen LogP contribution < -0.4 is 10.1 Å². The van der Waals surface area contributed by atoms with Crippen LogP contribution in [0.1, 0.15) is 23.5 Å². The highest BCUT2D eigenvalue weighted by Gasteiger charge is 2.14. The van der Waals surface area contributed by atoms with E-state index in [-0.39, 0.29) is 5.91 Å². The number of amides is 1. The molecular formula is C18H18N2O2S2. The number of nitrogens with zero attached hydrogens (tertiary/aromatic N) is 1. The van der Waals surface area contributed by atoms with Crippen LogP contribution in [0.3, 0.4) is 0 Å². The monoisotopic (exact) mass is 358 g/mol. The lowest BCUT2D eigenvalue weighted by atomic mass is 10.2. The molecule has 3 rings (SSSR count). The van der Waals surface area contributed by atoms with Crippen LogP contribution in [0, 0.1) is 5.92 Å². The van der Waals surface area contributed by atoms with Gasteiger partial charge in [-0.05, 0) is 29.5 Å². The van der Waals surface area contributed by atoms with Crippen LogP contribution in [0.4, 0.5) is 5.69 Å². The van der Waals surface area contributed by atoms with Gasteiger partial charge in [-0.2, -0.15) is 0 Å². The van der Waals surface area contributed by atoms with Crippen molar-refractivity contribution in [1.82, 2.24) is 4.98 Å². The van der Waals surface area contributed by atoms with Gasteiger partial charge in [0.2, 0.25) is 0 Å². The van der Waals surface area contributed by atoms with Gasteiger partial charge < -0.3 is 10.1 Å². The zero-order chi connectivity index (χ0) is 16.9. The van der Waals surface area contributed by atoms with Gasteiger partial charge >= 0.3 is 0 Å². The van der Waals surface area contributed by atoms with E-state index in [9.17, 15) is 4.79 Å². The lowest BCUT2D eigenvalue weighted by molar-refractivity contribution is 0.102. The maximum absolute atomic E-state index is 12.5. The van der Waals surface area contributed by atoms with Crippen molar-refractivity contribution >= 4 is 34.3 Å². The number of anilines is 1. The van der Waals surface area contributed by atoms with E-state index in [1.54, 1.807) is 17.5 Å². The number of nitrogens with one attached hydrogen (secondary N) is 1. The summed E-state index contributed by atoms with van der Waals surface area (Å²) in [5.74, 6) is 0.932. The zero-order valence-electron chi connectivity index (χ0n) is 13.5. The molecule has 24 heavy (non-hydrogen) atoms. The molecule has 0 aliphatic carbocycles. The summed E-state index contributed by atoms with van der Waals surface area (Å²) in [7, 11) is 0. The molecule has 3 aromatic rings. The molecule has 0 saturated heterocycles. The van der Waals surface area contributed by atoms with E-state index < -0.39 is 0 Å². The highest BCUT2D eigenvalue weighted by molar-refractivity contribution is 7.22. The van der Waals surface area contributed by atoms with Crippen molar-refractivity contribution in [3.8, 4) is 15.6 Å². The number of carbonyl (C=O) groups is 1. The molecule has 0 saturated carbocycles. The summed E-state index contributed by atoms with van der Waals surface area (Å²) < 4.78 is 5.77. The molecule has 0 atom stereocenters. The minimum atomic E-state index is -0.170. The summed E-state index contributed by atoms with van der Waals surface area (Å²) in [5, 5.41) is 5.78. The van der Waals surface area contributed by atoms with Gasteiger partial charge in [0, 0.05) is 0 Å². The predicted molar refractivity (Wildman–Crippen MR) is 100 cm³/mol. The van der Waals surface area contributed by atoms with E-state index in [1.807, 2.05) is 41.8 Å². The van der Waals surface area contributed by atoms with Gasteiger partial charge in [0.15, 0.2) is 0 Å². The summed E-state index contributed by atoms with van der Waals surface area (Å²) in [5.41, 5.74) is 0.675. The van der Waals surface area contributed by atoms with E-state index in [2.05, 4.69) is 24.1 Å². The summed E-state index contributed by atoms with van der Waals surface area (Å²) in [6, 6.07) is 11.5. The van der Waals surface area contributed by atoms with Crippen molar-refractivity contribution in [2.75, 3.05) is 11.9 Å². The number of ether oxygens (including phenoxy) is 1. The fraction of sp³-hybridized carbons (Fsp3) is 0.222. The topological polar surface area (TPSA) is 51.2 Å². The zero-order valence-corrected chi connectivity index (χ0v) is 15.1. The molecule has 0 bridgehead atoms. The summed E-state index contributed by atoms with van der Waals surface area (Å²) >= 11 is 3.00. The predicted octanol–water partition coefficient (Wildman–Crippen LogP) is 5.16. The Morgan fingerprint density at radius 2 is 2.08 bits per heavy atom. The van der Waals surface area contributed by atoms with Gasteiger partial charge in [-0.15, -0.1) is 22.7 Å². The lowest BCUT2D eigenvalue weighted by Crippen LogP contribution is -2.12. The molecule has 2 aromatic heterocycles. The number of aromatic nitrogens is 1. The van der Waals surface area contributed by atoms with E-state index >= 15 is 0 Å². The van der Waals surface area contributed by atoms with Crippen LogP contribution in [0.25, 0.3) is 9.88 Å². The molecule has 6 heteroatoms. The third-order valence-corrected chi connectivity index (χ3v) is 5.20. The van der Waals surface area contributed by atoms with Crippen LogP contribution in [0.5, 0.6) is 5.75 Å². The first-order chi connectivity index (χ1) is 11.6. The van der Waals surface area contributed by atoms with Crippen molar-refractivity contribution in [3.63, 3.8) is 0 Å². The van der Waals surface area contributed by atoms with Gasteiger partial charge in [-0.25, -0.2) is 4.98 Å². The Morgan fingerprint density at radius 3 is 2.83 bits per heavy atom. The maximum atomic E-state index is 12.5. The second kappa shape index (κ2) is 7.59. The number of thiophene rings is 1. The molecule has 0 fully saturated rings. The first-order valence-electron chi connectivity index (χ1n) is 7.66. The molecule has 0 radical (unpaired) electrons. The Labute approximate surface area is 149 Å². The van der Waals surface area contributed by atoms with Crippen molar-refractivity contribution in [1.29, 1.82) is 0 Å². The fourth-order valence-electron chi connectivity index (χ4n) is 2.03. The van der Waals surface area contributed by atoms with Crippen molar-refractivity contribution in [2.24, 2.45) is 5.92 Å². The van der Waals surface area contributed by atoms with Crippen LogP contribution in [0.15, 0.2) is 48.0 Å². The van der Waals surface area contributed by atoms with Crippen LogP contribution in [-0.2, 0) is 0 Å². The molecule has 1 aromatic carbocycles. The number of hydrogen-bond donors (Lipinski definition) is 1. The van der Waals surface area contributed by atoms with Crippen LogP contribution in [-0.4, -0.2) is 17.5 Å². The molecule has 4 nitrogen and oxygen atoms in total. The first kappa shape index (κ1) is 16.7. The number of hydrogen-bond acceptors (Lipinski definition) is 5.